The Morgan fingerprint density at radius 2 is 1.76 bits per heavy atom. The van der Waals surface area contributed by atoms with Gasteiger partial charge < -0.3 is 4.52 Å². The molecule has 3 aromatic rings. The Morgan fingerprint density at radius 1 is 1.05 bits per heavy atom. The van der Waals surface area contributed by atoms with Crippen LogP contribution in [0.15, 0.2) is 59.1 Å². The number of nitrogens with zero attached hydrogens (tertiary/aromatic N) is 2. The van der Waals surface area contributed by atoms with Crippen molar-refractivity contribution in [1.82, 2.24) is 10.1 Å². The van der Waals surface area contributed by atoms with Crippen molar-refractivity contribution in [2.75, 3.05) is 0 Å². The molecule has 0 radical (unpaired) electrons. The standard InChI is InChI=1S/C17H15ClN2O/c1-2-12-8-10-14(11-9-12)16-19-17(21-20-16)15(18)13-6-4-3-5-7-13/h3-11,15H,2H2,1H3. The molecule has 0 aliphatic carbocycles. The molecule has 106 valence electrons. The molecule has 0 aliphatic heterocycles. The summed E-state index contributed by atoms with van der Waals surface area (Å²) in [6, 6.07) is 17.8. The van der Waals surface area contributed by atoms with Crippen LogP contribution in [0.5, 0.6) is 0 Å². The first-order chi connectivity index (χ1) is 10.3. The molecule has 0 amide bonds. The number of alkyl halides is 1. The Morgan fingerprint density at radius 3 is 2.43 bits per heavy atom. The molecule has 0 spiro atoms. The Kier molecular flexibility index (Phi) is 4.02. The summed E-state index contributed by atoms with van der Waals surface area (Å²) in [4.78, 5) is 4.40. The van der Waals surface area contributed by atoms with E-state index in [9.17, 15) is 0 Å². The first-order valence-corrected chi connectivity index (χ1v) is 7.33. The smallest absolute Gasteiger partial charge is 0.249 e. The number of benzene rings is 2. The summed E-state index contributed by atoms with van der Waals surface area (Å²) in [6.07, 6.45) is 1.01. The van der Waals surface area contributed by atoms with E-state index in [4.69, 9.17) is 16.1 Å². The lowest BCUT2D eigenvalue weighted by molar-refractivity contribution is 0.383. The highest BCUT2D eigenvalue weighted by molar-refractivity contribution is 6.22. The van der Waals surface area contributed by atoms with Crippen LogP contribution in [-0.4, -0.2) is 10.1 Å². The molecular weight excluding hydrogens is 284 g/mol. The predicted molar refractivity (Wildman–Crippen MR) is 83.3 cm³/mol. The second kappa shape index (κ2) is 6.10. The van der Waals surface area contributed by atoms with Crippen LogP contribution in [0.3, 0.4) is 0 Å². The van der Waals surface area contributed by atoms with E-state index in [-0.39, 0.29) is 0 Å². The molecule has 4 heteroatoms. The molecule has 1 aromatic heterocycles. The Bertz CT molecular complexity index is 707. The third-order valence-electron chi connectivity index (χ3n) is 3.37. The van der Waals surface area contributed by atoms with Crippen LogP contribution in [-0.2, 0) is 6.42 Å². The van der Waals surface area contributed by atoms with E-state index in [2.05, 4.69) is 29.2 Å². The quantitative estimate of drug-likeness (QED) is 0.659. The number of hydrogen-bond acceptors (Lipinski definition) is 3. The van der Waals surface area contributed by atoms with E-state index in [1.54, 1.807) is 0 Å². The van der Waals surface area contributed by atoms with Gasteiger partial charge in [-0.15, -0.1) is 11.6 Å². The van der Waals surface area contributed by atoms with Gasteiger partial charge in [0.05, 0.1) is 0 Å². The average Bonchev–Trinajstić information content (AvgIpc) is 3.05. The van der Waals surface area contributed by atoms with Gasteiger partial charge in [-0.05, 0) is 17.5 Å². The van der Waals surface area contributed by atoms with Crippen molar-refractivity contribution in [1.29, 1.82) is 0 Å². The van der Waals surface area contributed by atoms with Gasteiger partial charge in [0.2, 0.25) is 11.7 Å². The Labute approximate surface area is 128 Å². The molecule has 0 saturated carbocycles. The molecule has 0 bridgehead atoms. The van der Waals surface area contributed by atoms with Gasteiger partial charge in [-0.1, -0.05) is 66.7 Å². The van der Waals surface area contributed by atoms with Crippen molar-refractivity contribution in [2.45, 2.75) is 18.7 Å². The van der Waals surface area contributed by atoms with E-state index >= 15 is 0 Å². The molecule has 3 rings (SSSR count). The van der Waals surface area contributed by atoms with Crippen molar-refractivity contribution in [3.05, 3.63) is 71.6 Å². The molecule has 0 saturated heterocycles. The van der Waals surface area contributed by atoms with Crippen LogP contribution >= 0.6 is 11.6 Å². The minimum atomic E-state index is -0.428. The number of rotatable bonds is 4. The topological polar surface area (TPSA) is 38.9 Å². The molecule has 0 N–H and O–H groups in total. The highest BCUT2D eigenvalue weighted by Crippen LogP contribution is 2.28. The zero-order valence-electron chi connectivity index (χ0n) is 11.7. The van der Waals surface area contributed by atoms with Gasteiger partial charge in [0.25, 0.3) is 0 Å². The molecule has 1 unspecified atom stereocenters. The van der Waals surface area contributed by atoms with E-state index < -0.39 is 5.38 Å². The maximum Gasteiger partial charge on any atom is 0.249 e. The van der Waals surface area contributed by atoms with Crippen molar-refractivity contribution in [3.63, 3.8) is 0 Å². The third-order valence-corrected chi connectivity index (χ3v) is 3.81. The SMILES string of the molecule is CCc1ccc(-c2noc(C(Cl)c3ccccc3)n2)cc1. The monoisotopic (exact) mass is 298 g/mol. The lowest BCUT2D eigenvalue weighted by atomic mass is 10.1. The fraction of sp³-hybridized carbons (Fsp3) is 0.176. The summed E-state index contributed by atoms with van der Waals surface area (Å²) in [5, 5.41) is 3.59. The highest BCUT2D eigenvalue weighted by Gasteiger charge is 2.18. The summed E-state index contributed by atoms with van der Waals surface area (Å²) in [7, 11) is 0. The van der Waals surface area contributed by atoms with Crippen LogP contribution in [0.2, 0.25) is 0 Å². The van der Waals surface area contributed by atoms with Crippen molar-refractivity contribution in [2.24, 2.45) is 0 Å². The summed E-state index contributed by atoms with van der Waals surface area (Å²) >= 11 is 6.38. The summed E-state index contributed by atoms with van der Waals surface area (Å²) in [6.45, 7) is 2.12. The van der Waals surface area contributed by atoms with E-state index in [1.165, 1.54) is 5.56 Å². The largest absolute Gasteiger partial charge is 0.337 e. The van der Waals surface area contributed by atoms with Gasteiger partial charge >= 0.3 is 0 Å². The number of aromatic nitrogens is 2. The van der Waals surface area contributed by atoms with Gasteiger partial charge in [-0.25, -0.2) is 0 Å². The molecule has 1 atom stereocenters. The van der Waals surface area contributed by atoms with Gasteiger partial charge in [0, 0.05) is 5.56 Å². The Balaban J connectivity index is 1.85. The van der Waals surface area contributed by atoms with Gasteiger partial charge in [-0.3, -0.25) is 0 Å². The third kappa shape index (κ3) is 2.98. The van der Waals surface area contributed by atoms with Crippen LogP contribution in [0.1, 0.15) is 29.3 Å². The minimum Gasteiger partial charge on any atom is -0.337 e. The molecule has 1 heterocycles. The first-order valence-electron chi connectivity index (χ1n) is 6.90. The fourth-order valence-electron chi connectivity index (χ4n) is 2.11. The molecule has 0 aliphatic rings. The predicted octanol–water partition coefficient (Wildman–Crippen LogP) is 4.63. The number of aryl methyl sites for hydroxylation is 1. The number of hydrogen-bond donors (Lipinski definition) is 0. The van der Waals surface area contributed by atoms with Crippen LogP contribution in [0, 0.1) is 0 Å². The van der Waals surface area contributed by atoms with E-state index in [0.717, 1.165) is 17.5 Å². The molecular formula is C17H15ClN2O. The van der Waals surface area contributed by atoms with Crippen molar-refractivity contribution < 1.29 is 4.52 Å². The summed E-state index contributed by atoms with van der Waals surface area (Å²) in [5.74, 6) is 0.978. The maximum atomic E-state index is 6.38. The summed E-state index contributed by atoms with van der Waals surface area (Å²) in [5.41, 5.74) is 3.15. The van der Waals surface area contributed by atoms with Gasteiger partial charge in [-0.2, -0.15) is 4.98 Å². The molecule has 0 fully saturated rings. The van der Waals surface area contributed by atoms with Crippen LogP contribution in [0.25, 0.3) is 11.4 Å². The van der Waals surface area contributed by atoms with E-state index in [0.29, 0.717) is 11.7 Å². The molecule has 2 aromatic carbocycles. The van der Waals surface area contributed by atoms with Crippen LogP contribution in [0.4, 0.5) is 0 Å². The second-order valence-corrected chi connectivity index (χ2v) is 5.22. The normalized spacial score (nSPS) is 12.3. The van der Waals surface area contributed by atoms with E-state index in [1.807, 2.05) is 42.5 Å². The maximum absolute atomic E-state index is 6.38. The summed E-state index contributed by atoms with van der Waals surface area (Å²) < 4.78 is 5.30. The van der Waals surface area contributed by atoms with Crippen LogP contribution < -0.4 is 0 Å². The zero-order chi connectivity index (χ0) is 14.7. The average molecular weight is 299 g/mol. The van der Waals surface area contributed by atoms with Gasteiger partial charge in [0.15, 0.2) is 0 Å². The first kappa shape index (κ1) is 13.8. The molecule has 21 heavy (non-hydrogen) atoms. The van der Waals surface area contributed by atoms with Crippen molar-refractivity contribution >= 4 is 11.6 Å². The lowest BCUT2D eigenvalue weighted by Crippen LogP contribution is -1.93. The fourth-order valence-corrected chi connectivity index (χ4v) is 2.34. The molecule has 3 nitrogen and oxygen atoms in total. The number of halogens is 1. The second-order valence-electron chi connectivity index (χ2n) is 4.78. The van der Waals surface area contributed by atoms with Crippen molar-refractivity contribution in [3.8, 4) is 11.4 Å². The minimum absolute atomic E-state index is 0.414. The zero-order valence-corrected chi connectivity index (χ0v) is 12.4. The highest BCUT2D eigenvalue weighted by atomic mass is 35.5. The lowest BCUT2D eigenvalue weighted by Gasteiger charge is -2.03. The van der Waals surface area contributed by atoms with Gasteiger partial charge in [0.1, 0.15) is 5.38 Å². The Hall–Kier alpha value is -2.13.